The smallest absolute Gasteiger partial charge is 0.0575 e. The summed E-state index contributed by atoms with van der Waals surface area (Å²) >= 11 is 0. The van der Waals surface area contributed by atoms with Crippen molar-refractivity contribution in [2.75, 3.05) is 6.61 Å². The molecule has 0 unspecified atom stereocenters. The van der Waals surface area contributed by atoms with Crippen LogP contribution >= 0.6 is 0 Å². The third-order valence-corrected chi connectivity index (χ3v) is 3.22. The van der Waals surface area contributed by atoms with Crippen molar-refractivity contribution in [3.8, 4) is 0 Å². The van der Waals surface area contributed by atoms with Gasteiger partial charge in [-0.2, -0.15) is 0 Å². The van der Waals surface area contributed by atoms with Crippen LogP contribution in [-0.2, 0) is 4.74 Å². The van der Waals surface area contributed by atoms with E-state index >= 15 is 0 Å². The van der Waals surface area contributed by atoms with Gasteiger partial charge in [0, 0.05) is 6.61 Å². The monoisotopic (exact) mass is 212 g/mol. The summed E-state index contributed by atoms with van der Waals surface area (Å²) in [7, 11) is 0. The molecule has 0 aromatic rings. The third-order valence-electron chi connectivity index (χ3n) is 3.22. The van der Waals surface area contributed by atoms with Crippen LogP contribution < -0.4 is 0 Å². The molecule has 1 aliphatic carbocycles. The van der Waals surface area contributed by atoms with Crippen molar-refractivity contribution >= 4 is 0 Å². The second-order valence-corrected chi connectivity index (χ2v) is 5.40. The van der Waals surface area contributed by atoms with Crippen LogP contribution in [0.1, 0.15) is 71.6 Å². The largest absolute Gasteiger partial charge is 0.378 e. The first-order valence-corrected chi connectivity index (χ1v) is 6.90. The van der Waals surface area contributed by atoms with Gasteiger partial charge in [-0.3, -0.25) is 0 Å². The molecule has 1 aliphatic rings. The Labute approximate surface area is 95.6 Å². The summed E-state index contributed by atoms with van der Waals surface area (Å²) in [5.41, 5.74) is 0. The van der Waals surface area contributed by atoms with Crippen molar-refractivity contribution in [2.24, 2.45) is 5.92 Å². The molecule has 0 saturated heterocycles. The Hall–Kier alpha value is -0.0400. The van der Waals surface area contributed by atoms with Crippen LogP contribution in [-0.4, -0.2) is 12.7 Å². The van der Waals surface area contributed by atoms with E-state index < -0.39 is 0 Å². The van der Waals surface area contributed by atoms with Gasteiger partial charge in [0.05, 0.1) is 6.10 Å². The van der Waals surface area contributed by atoms with Crippen molar-refractivity contribution in [3.05, 3.63) is 0 Å². The molecule has 0 spiro atoms. The first-order valence-electron chi connectivity index (χ1n) is 6.90. The Kier molecular flexibility index (Phi) is 7.08. The molecule has 1 rings (SSSR count). The van der Waals surface area contributed by atoms with Gasteiger partial charge in [0.1, 0.15) is 0 Å². The van der Waals surface area contributed by atoms with Gasteiger partial charge in [-0.25, -0.2) is 0 Å². The molecule has 1 nitrogen and oxygen atoms in total. The fraction of sp³-hybridized carbons (Fsp3) is 1.00. The first-order chi connectivity index (χ1) is 7.29. The molecule has 90 valence electrons. The second kappa shape index (κ2) is 8.15. The van der Waals surface area contributed by atoms with E-state index in [4.69, 9.17) is 4.74 Å². The van der Waals surface area contributed by atoms with Crippen LogP contribution in [0.15, 0.2) is 0 Å². The summed E-state index contributed by atoms with van der Waals surface area (Å²) in [4.78, 5) is 0. The maximum atomic E-state index is 5.98. The zero-order valence-corrected chi connectivity index (χ0v) is 10.6. The predicted octanol–water partition coefficient (Wildman–Crippen LogP) is 4.55. The molecule has 0 bridgehead atoms. The van der Waals surface area contributed by atoms with E-state index in [1.54, 1.807) is 0 Å². The molecular formula is C14H28O. The van der Waals surface area contributed by atoms with Crippen molar-refractivity contribution in [1.82, 2.24) is 0 Å². The summed E-state index contributed by atoms with van der Waals surface area (Å²) in [6.45, 7) is 5.42. The molecule has 1 fully saturated rings. The predicted molar refractivity (Wildman–Crippen MR) is 66.1 cm³/mol. The van der Waals surface area contributed by atoms with Gasteiger partial charge in [-0.15, -0.1) is 0 Å². The average Bonchev–Trinajstić information content (AvgIpc) is 2.23. The summed E-state index contributed by atoms with van der Waals surface area (Å²) < 4.78 is 5.98. The van der Waals surface area contributed by atoms with E-state index in [0.29, 0.717) is 12.0 Å². The highest BCUT2D eigenvalue weighted by molar-refractivity contribution is 4.62. The minimum Gasteiger partial charge on any atom is -0.378 e. The highest BCUT2D eigenvalue weighted by atomic mass is 16.5. The third kappa shape index (κ3) is 6.94. The lowest BCUT2D eigenvalue weighted by Gasteiger charge is -2.20. The van der Waals surface area contributed by atoms with Crippen LogP contribution in [0.5, 0.6) is 0 Å². The fourth-order valence-corrected chi connectivity index (χ4v) is 2.27. The SMILES string of the molecule is CC(C)COC1CCCCCCCCC1. The van der Waals surface area contributed by atoms with E-state index in [-0.39, 0.29) is 0 Å². The van der Waals surface area contributed by atoms with Crippen molar-refractivity contribution in [3.63, 3.8) is 0 Å². The van der Waals surface area contributed by atoms with Gasteiger partial charge in [0.2, 0.25) is 0 Å². The quantitative estimate of drug-likeness (QED) is 0.666. The van der Waals surface area contributed by atoms with Crippen molar-refractivity contribution in [1.29, 1.82) is 0 Å². The van der Waals surface area contributed by atoms with Gasteiger partial charge >= 0.3 is 0 Å². The topological polar surface area (TPSA) is 9.23 Å². The highest BCUT2D eigenvalue weighted by Crippen LogP contribution is 2.19. The lowest BCUT2D eigenvalue weighted by atomic mass is 9.99. The fourth-order valence-electron chi connectivity index (χ4n) is 2.27. The van der Waals surface area contributed by atoms with Gasteiger partial charge < -0.3 is 4.74 Å². The molecule has 0 N–H and O–H groups in total. The molecule has 1 heteroatoms. The van der Waals surface area contributed by atoms with Crippen LogP contribution in [0.4, 0.5) is 0 Å². The van der Waals surface area contributed by atoms with Crippen LogP contribution in [0.2, 0.25) is 0 Å². The number of ether oxygens (including phenoxy) is 1. The maximum absolute atomic E-state index is 5.98. The van der Waals surface area contributed by atoms with Crippen LogP contribution in [0.25, 0.3) is 0 Å². The molecule has 1 saturated carbocycles. The molecule has 0 heterocycles. The summed E-state index contributed by atoms with van der Waals surface area (Å²) in [5.74, 6) is 0.681. The van der Waals surface area contributed by atoms with E-state index in [9.17, 15) is 0 Å². The highest BCUT2D eigenvalue weighted by Gasteiger charge is 2.10. The zero-order chi connectivity index (χ0) is 10.9. The Morgan fingerprint density at radius 1 is 0.867 bits per heavy atom. The molecule has 0 aromatic carbocycles. The Bertz CT molecular complexity index is 132. The first kappa shape index (κ1) is 13.0. The Morgan fingerprint density at radius 2 is 1.33 bits per heavy atom. The summed E-state index contributed by atoms with van der Waals surface area (Å²) in [5, 5.41) is 0. The molecule has 15 heavy (non-hydrogen) atoms. The minimum atomic E-state index is 0.561. The van der Waals surface area contributed by atoms with E-state index in [1.165, 1.54) is 57.8 Å². The number of hydrogen-bond donors (Lipinski definition) is 0. The van der Waals surface area contributed by atoms with E-state index in [2.05, 4.69) is 13.8 Å². The molecule has 0 radical (unpaired) electrons. The van der Waals surface area contributed by atoms with E-state index in [0.717, 1.165) is 6.61 Å². The Morgan fingerprint density at radius 3 is 1.80 bits per heavy atom. The van der Waals surface area contributed by atoms with Gasteiger partial charge in [0.15, 0.2) is 0 Å². The van der Waals surface area contributed by atoms with Gasteiger partial charge in [0.25, 0.3) is 0 Å². The second-order valence-electron chi connectivity index (χ2n) is 5.40. The van der Waals surface area contributed by atoms with Crippen molar-refractivity contribution < 1.29 is 4.74 Å². The number of rotatable bonds is 3. The molecule has 0 amide bonds. The van der Waals surface area contributed by atoms with Crippen molar-refractivity contribution in [2.45, 2.75) is 77.7 Å². The standard InChI is InChI=1S/C14H28O/c1-13(2)12-15-14-10-8-6-4-3-5-7-9-11-14/h13-14H,3-12H2,1-2H3. The summed E-state index contributed by atoms with van der Waals surface area (Å²) in [6.07, 6.45) is 13.1. The minimum absolute atomic E-state index is 0.561. The Balaban J connectivity index is 2.19. The molecule has 0 aliphatic heterocycles. The molecule has 0 atom stereocenters. The van der Waals surface area contributed by atoms with Crippen LogP contribution in [0.3, 0.4) is 0 Å². The van der Waals surface area contributed by atoms with Gasteiger partial charge in [-0.05, 0) is 18.8 Å². The lowest BCUT2D eigenvalue weighted by molar-refractivity contribution is 0.0218. The summed E-state index contributed by atoms with van der Waals surface area (Å²) in [6, 6.07) is 0. The maximum Gasteiger partial charge on any atom is 0.0575 e. The normalized spacial score (nSPS) is 21.8. The zero-order valence-electron chi connectivity index (χ0n) is 10.6. The van der Waals surface area contributed by atoms with Crippen LogP contribution in [0, 0.1) is 5.92 Å². The molecular weight excluding hydrogens is 184 g/mol. The van der Waals surface area contributed by atoms with Gasteiger partial charge in [-0.1, -0.05) is 58.8 Å². The number of hydrogen-bond acceptors (Lipinski definition) is 1. The lowest BCUT2D eigenvalue weighted by Crippen LogP contribution is -2.16. The molecule has 0 aromatic heterocycles. The average molecular weight is 212 g/mol. The van der Waals surface area contributed by atoms with E-state index in [1.807, 2.05) is 0 Å².